The van der Waals surface area contributed by atoms with Crippen LogP contribution in [0, 0.1) is 5.92 Å². The zero-order chi connectivity index (χ0) is 14.8. The van der Waals surface area contributed by atoms with Gasteiger partial charge in [-0.25, -0.2) is 13.1 Å². The maximum atomic E-state index is 12.3. The Balaban J connectivity index is 2.17. The van der Waals surface area contributed by atoms with Crippen LogP contribution in [0.4, 0.5) is 5.69 Å². The molecule has 0 aromatic heterocycles. The molecule has 1 aliphatic heterocycles. The van der Waals surface area contributed by atoms with E-state index in [0.717, 1.165) is 6.42 Å². The van der Waals surface area contributed by atoms with Crippen LogP contribution >= 0.6 is 0 Å². The predicted octanol–water partition coefficient (Wildman–Crippen LogP) is 0.981. The van der Waals surface area contributed by atoms with Crippen molar-refractivity contribution in [3.8, 4) is 5.75 Å². The van der Waals surface area contributed by atoms with E-state index in [-0.39, 0.29) is 16.9 Å². The Hall–Kier alpha value is -1.31. The molecule has 0 radical (unpaired) electrons. The predicted molar refractivity (Wildman–Crippen MR) is 76.1 cm³/mol. The Labute approximate surface area is 119 Å². The molecule has 2 rings (SSSR count). The summed E-state index contributed by atoms with van der Waals surface area (Å²) in [5.41, 5.74) is 6.09. The zero-order valence-corrected chi connectivity index (χ0v) is 12.4. The van der Waals surface area contributed by atoms with Crippen LogP contribution in [0.2, 0.25) is 0 Å². The van der Waals surface area contributed by atoms with Gasteiger partial charge in [-0.3, -0.25) is 0 Å². The molecule has 0 saturated carbocycles. The third-order valence-electron chi connectivity index (χ3n) is 3.53. The van der Waals surface area contributed by atoms with Crippen molar-refractivity contribution in [2.75, 3.05) is 26.1 Å². The van der Waals surface area contributed by atoms with Crippen molar-refractivity contribution in [1.82, 2.24) is 4.72 Å². The first-order valence-corrected chi connectivity index (χ1v) is 7.96. The van der Waals surface area contributed by atoms with Crippen LogP contribution in [0.1, 0.15) is 13.3 Å². The number of rotatable bonds is 5. The highest BCUT2D eigenvalue weighted by Gasteiger charge is 2.27. The summed E-state index contributed by atoms with van der Waals surface area (Å²) in [6.07, 6.45) is 0.870. The summed E-state index contributed by atoms with van der Waals surface area (Å²) in [6, 6.07) is 4.25. The quantitative estimate of drug-likeness (QED) is 0.791. The van der Waals surface area contributed by atoms with E-state index in [4.69, 9.17) is 15.2 Å². The van der Waals surface area contributed by atoms with Gasteiger partial charge >= 0.3 is 0 Å². The highest BCUT2D eigenvalue weighted by Crippen LogP contribution is 2.25. The summed E-state index contributed by atoms with van der Waals surface area (Å²) in [5.74, 6) is 0.560. The topological polar surface area (TPSA) is 90.7 Å². The minimum atomic E-state index is -3.59. The van der Waals surface area contributed by atoms with Crippen molar-refractivity contribution in [2.24, 2.45) is 5.92 Å². The number of hydrogen-bond acceptors (Lipinski definition) is 5. The molecule has 7 heteroatoms. The lowest BCUT2D eigenvalue weighted by Gasteiger charge is -2.19. The van der Waals surface area contributed by atoms with Gasteiger partial charge in [-0.05, 0) is 25.5 Å². The fraction of sp³-hybridized carbons (Fsp3) is 0.538. The maximum Gasteiger partial charge on any atom is 0.240 e. The van der Waals surface area contributed by atoms with Gasteiger partial charge in [0.1, 0.15) is 5.75 Å². The first kappa shape index (κ1) is 15.1. The first-order chi connectivity index (χ1) is 9.44. The number of sulfonamides is 1. The van der Waals surface area contributed by atoms with Crippen molar-refractivity contribution in [1.29, 1.82) is 0 Å². The third-order valence-corrected chi connectivity index (χ3v) is 5.08. The van der Waals surface area contributed by atoms with Crippen molar-refractivity contribution in [3.63, 3.8) is 0 Å². The van der Waals surface area contributed by atoms with Crippen LogP contribution in [0.25, 0.3) is 0 Å². The van der Waals surface area contributed by atoms with Crippen molar-refractivity contribution in [2.45, 2.75) is 24.3 Å². The molecule has 0 bridgehead atoms. The van der Waals surface area contributed by atoms with Crippen LogP contribution < -0.4 is 15.2 Å². The van der Waals surface area contributed by atoms with E-state index in [1.54, 1.807) is 0 Å². The van der Waals surface area contributed by atoms with Crippen molar-refractivity contribution >= 4 is 15.7 Å². The van der Waals surface area contributed by atoms with E-state index >= 15 is 0 Å². The molecule has 0 spiro atoms. The Bertz CT molecular complexity index is 568. The summed E-state index contributed by atoms with van der Waals surface area (Å²) < 4.78 is 37.7. The van der Waals surface area contributed by atoms with Crippen LogP contribution in [0.15, 0.2) is 23.1 Å². The molecule has 2 atom stereocenters. The van der Waals surface area contributed by atoms with Gasteiger partial charge in [0.25, 0.3) is 0 Å². The Morgan fingerprint density at radius 3 is 2.85 bits per heavy atom. The van der Waals surface area contributed by atoms with E-state index in [1.807, 2.05) is 6.92 Å². The number of ether oxygens (including phenoxy) is 2. The summed E-state index contributed by atoms with van der Waals surface area (Å²) in [7, 11) is -2.14. The van der Waals surface area contributed by atoms with Gasteiger partial charge in [-0.1, -0.05) is 0 Å². The minimum Gasteiger partial charge on any atom is -0.495 e. The number of anilines is 1. The molecule has 1 aromatic carbocycles. The highest BCUT2D eigenvalue weighted by molar-refractivity contribution is 7.89. The number of methoxy groups -OCH3 is 1. The molecule has 112 valence electrons. The number of nitrogens with two attached hydrogens (primary N) is 1. The summed E-state index contributed by atoms with van der Waals surface area (Å²) in [6.45, 7) is 3.13. The normalized spacial score (nSPS) is 20.8. The highest BCUT2D eigenvalue weighted by atomic mass is 32.2. The molecule has 0 aliphatic carbocycles. The van der Waals surface area contributed by atoms with E-state index in [1.165, 1.54) is 25.3 Å². The maximum absolute atomic E-state index is 12.3. The van der Waals surface area contributed by atoms with Gasteiger partial charge < -0.3 is 15.2 Å². The second-order valence-corrected chi connectivity index (χ2v) is 6.65. The zero-order valence-electron chi connectivity index (χ0n) is 11.6. The Morgan fingerprint density at radius 1 is 1.50 bits per heavy atom. The number of nitrogens with one attached hydrogen (secondary N) is 1. The van der Waals surface area contributed by atoms with E-state index in [0.29, 0.717) is 24.7 Å². The summed E-state index contributed by atoms with van der Waals surface area (Å²) >= 11 is 0. The third kappa shape index (κ3) is 3.23. The lowest BCUT2D eigenvalue weighted by atomic mass is 10.0. The lowest BCUT2D eigenvalue weighted by Crippen LogP contribution is -2.38. The van der Waals surface area contributed by atoms with E-state index < -0.39 is 10.0 Å². The Kier molecular flexibility index (Phi) is 4.52. The van der Waals surface area contributed by atoms with Crippen LogP contribution in [-0.2, 0) is 14.8 Å². The Morgan fingerprint density at radius 2 is 2.25 bits per heavy atom. The smallest absolute Gasteiger partial charge is 0.240 e. The molecule has 0 amide bonds. The fourth-order valence-electron chi connectivity index (χ4n) is 2.21. The van der Waals surface area contributed by atoms with E-state index in [2.05, 4.69) is 4.72 Å². The van der Waals surface area contributed by atoms with Crippen molar-refractivity contribution in [3.05, 3.63) is 18.2 Å². The molecule has 20 heavy (non-hydrogen) atoms. The molecule has 1 fully saturated rings. The van der Waals surface area contributed by atoms with Crippen LogP contribution in [-0.4, -0.2) is 34.8 Å². The molecule has 6 nitrogen and oxygen atoms in total. The molecule has 2 unspecified atom stereocenters. The second-order valence-electron chi connectivity index (χ2n) is 4.94. The monoisotopic (exact) mass is 300 g/mol. The average Bonchev–Trinajstić information content (AvgIpc) is 2.92. The standard InChI is InChI=1S/C13H20N2O4S/c1-9(10-5-6-19-8-10)15-20(16,17)11-3-4-12(14)13(7-11)18-2/h3-4,7,9-10,15H,5-6,8,14H2,1-2H3. The molecule has 1 aromatic rings. The summed E-state index contributed by atoms with van der Waals surface area (Å²) in [5, 5.41) is 0. The summed E-state index contributed by atoms with van der Waals surface area (Å²) in [4.78, 5) is 0.148. The SMILES string of the molecule is COc1cc(S(=O)(=O)NC(C)C2CCOC2)ccc1N. The molecule has 1 saturated heterocycles. The van der Waals surface area contributed by atoms with Gasteiger partial charge in [0, 0.05) is 24.6 Å². The largest absolute Gasteiger partial charge is 0.495 e. The second kappa shape index (κ2) is 5.99. The van der Waals surface area contributed by atoms with Gasteiger partial charge in [-0.2, -0.15) is 0 Å². The average molecular weight is 300 g/mol. The molecular formula is C13H20N2O4S. The number of benzene rings is 1. The van der Waals surface area contributed by atoms with Gasteiger partial charge in [-0.15, -0.1) is 0 Å². The number of hydrogen-bond donors (Lipinski definition) is 2. The van der Waals surface area contributed by atoms with E-state index in [9.17, 15) is 8.42 Å². The van der Waals surface area contributed by atoms with Crippen molar-refractivity contribution < 1.29 is 17.9 Å². The first-order valence-electron chi connectivity index (χ1n) is 6.47. The van der Waals surface area contributed by atoms with Gasteiger partial charge in [0.2, 0.25) is 10.0 Å². The van der Waals surface area contributed by atoms with Crippen LogP contribution in [0.5, 0.6) is 5.75 Å². The fourth-order valence-corrected chi connectivity index (χ4v) is 3.54. The molecule has 3 N–H and O–H groups in total. The number of nitrogen functional groups attached to an aromatic ring is 1. The van der Waals surface area contributed by atoms with Crippen LogP contribution in [0.3, 0.4) is 0 Å². The minimum absolute atomic E-state index is 0.148. The molecule has 1 aliphatic rings. The molecular weight excluding hydrogens is 280 g/mol. The molecule has 1 heterocycles. The van der Waals surface area contributed by atoms with Gasteiger partial charge in [0.05, 0.1) is 24.3 Å². The lowest BCUT2D eigenvalue weighted by molar-refractivity contribution is 0.180. The van der Waals surface area contributed by atoms with Gasteiger partial charge in [0.15, 0.2) is 0 Å².